The Hall–Kier alpha value is -4.98. The van der Waals surface area contributed by atoms with Crippen LogP contribution in [0.5, 0.6) is 5.75 Å². The molecule has 0 bridgehead atoms. The van der Waals surface area contributed by atoms with Crippen LogP contribution in [0.1, 0.15) is 34.1 Å². The molecule has 41 heavy (non-hydrogen) atoms. The second-order valence-corrected chi connectivity index (χ2v) is 10.5. The highest BCUT2D eigenvalue weighted by atomic mass is 16.5. The lowest BCUT2D eigenvalue weighted by Gasteiger charge is -2.31. The van der Waals surface area contributed by atoms with E-state index in [2.05, 4.69) is 63.4 Å². The van der Waals surface area contributed by atoms with Gasteiger partial charge in [-0.2, -0.15) is 5.10 Å². The monoisotopic (exact) mass is 546 g/mol. The van der Waals surface area contributed by atoms with Crippen LogP contribution in [0.15, 0.2) is 97.2 Å². The van der Waals surface area contributed by atoms with Crippen molar-refractivity contribution >= 4 is 11.7 Å². The smallest absolute Gasteiger partial charge is 0.318 e. The molecule has 0 spiro atoms. The molecule has 208 valence electrons. The molecular weight excluding hydrogens is 512 g/mol. The minimum absolute atomic E-state index is 0.151. The molecule has 0 fully saturated rings. The van der Waals surface area contributed by atoms with Gasteiger partial charge in [-0.3, -0.25) is 0 Å². The Kier molecular flexibility index (Phi) is 6.97. The van der Waals surface area contributed by atoms with Gasteiger partial charge in [0.1, 0.15) is 11.6 Å². The molecule has 1 N–H and O–H groups in total. The maximum absolute atomic E-state index is 14.1. The Balaban J connectivity index is 1.45. The summed E-state index contributed by atoms with van der Waals surface area (Å²) < 4.78 is 9.55. The van der Waals surface area contributed by atoms with Crippen molar-refractivity contribution in [1.82, 2.24) is 24.6 Å². The van der Waals surface area contributed by atoms with E-state index >= 15 is 0 Å². The van der Waals surface area contributed by atoms with E-state index in [1.165, 1.54) is 0 Å². The molecule has 0 saturated heterocycles. The summed E-state index contributed by atoms with van der Waals surface area (Å²) in [4.78, 5) is 18.1. The summed E-state index contributed by atoms with van der Waals surface area (Å²) in [7, 11) is 5.70. The number of carbonyl (C=O) groups excluding carboxylic acids is 1. The van der Waals surface area contributed by atoms with Crippen molar-refractivity contribution in [2.45, 2.75) is 26.1 Å². The fraction of sp³-hybridized carbons (Fsp3) is 0.212. The van der Waals surface area contributed by atoms with Crippen LogP contribution in [0.2, 0.25) is 0 Å². The molecule has 0 saturated carbocycles. The first-order valence-electron chi connectivity index (χ1n) is 13.7. The van der Waals surface area contributed by atoms with Gasteiger partial charge in [-0.15, -0.1) is 0 Å². The van der Waals surface area contributed by atoms with E-state index < -0.39 is 0 Å². The third-order valence-corrected chi connectivity index (χ3v) is 7.65. The maximum Gasteiger partial charge on any atom is 0.318 e. The third kappa shape index (κ3) is 4.93. The average Bonchev–Trinajstić information content (AvgIpc) is 3.56. The predicted octanol–water partition coefficient (Wildman–Crippen LogP) is 5.86. The van der Waals surface area contributed by atoms with Gasteiger partial charge in [-0.05, 0) is 66.6 Å². The highest BCUT2D eigenvalue weighted by molar-refractivity contribution is 5.76. The van der Waals surface area contributed by atoms with E-state index in [0.717, 1.165) is 51.0 Å². The number of methoxy groups -OCH3 is 1. The number of ether oxygens (including phenoxy) is 1. The predicted molar refractivity (Wildman–Crippen MR) is 161 cm³/mol. The Morgan fingerprint density at radius 1 is 1.00 bits per heavy atom. The first-order chi connectivity index (χ1) is 19.9. The molecule has 1 atom stereocenters. The van der Waals surface area contributed by atoms with Crippen LogP contribution in [0.3, 0.4) is 0 Å². The zero-order chi connectivity index (χ0) is 28.5. The van der Waals surface area contributed by atoms with Gasteiger partial charge in [0.15, 0.2) is 0 Å². The summed E-state index contributed by atoms with van der Waals surface area (Å²) in [5.74, 6) is 1.71. The molecule has 8 heteroatoms. The van der Waals surface area contributed by atoms with Crippen LogP contribution in [0.4, 0.5) is 10.5 Å². The van der Waals surface area contributed by atoms with Gasteiger partial charge in [-0.25, -0.2) is 9.48 Å². The largest absolute Gasteiger partial charge is 0.497 e. The van der Waals surface area contributed by atoms with Gasteiger partial charge in [0, 0.05) is 38.1 Å². The molecule has 3 heterocycles. The zero-order valence-electron chi connectivity index (χ0n) is 23.8. The fourth-order valence-corrected chi connectivity index (χ4v) is 5.52. The summed E-state index contributed by atoms with van der Waals surface area (Å²) in [6.45, 7) is 2.80. The SMILES string of the molecule is COc1cccc(CNC(=O)N2Cc3c(C)nn(-c4ccccc4)c3-n3cccc3[C@H]2c2ccc(N(C)C)cc2)c1. The van der Waals surface area contributed by atoms with E-state index in [1.807, 2.05) is 79.1 Å². The maximum atomic E-state index is 14.1. The van der Waals surface area contributed by atoms with Gasteiger partial charge in [-0.1, -0.05) is 42.5 Å². The summed E-state index contributed by atoms with van der Waals surface area (Å²) in [5.41, 5.74) is 6.97. The van der Waals surface area contributed by atoms with Crippen molar-refractivity contribution in [2.75, 3.05) is 26.1 Å². The summed E-state index contributed by atoms with van der Waals surface area (Å²) >= 11 is 0. The molecule has 6 rings (SSSR count). The number of urea groups is 1. The molecule has 0 unspecified atom stereocenters. The Bertz CT molecular complexity index is 1670. The van der Waals surface area contributed by atoms with Gasteiger partial charge in [0.05, 0.1) is 36.8 Å². The number of carbonyl (C=O) groups is 1. The molecular formula is C33H34N6O2. The van der Waals surface area contributed by atoms with Crippen LogP contribution in [0, 0.1) is 6.92 Å². The molecule has 8 nitrogen and oxygen atoms in total. The van der Waals surface area contributed by atoms with Crippen molar-refractivity contribution in [2.24, 2.45) is 0 Å². The van der Waals surface area contributed by atoms with Crippen LogP contribution >= 0.6 is 0 Å². The summed E-state index contributed by atoms with van der Waals surface area (Å²) in [6.07, 6.45) is 2.06. The summed E-state index contributed by atoms with van der Waals surface area (Å²) in [5, 5.41) is 8.11. The van der Waals surface area contributed by atoms with Crippen molar-refractivity contribution in [1.29, 1.82) is 0 Å². The average molecular weight is 547 g/mol. The second kappa shape index (κ2) is 10.9. The number of hydrogen-bond donors (Lipinski definition) is 1. The molecule has 5 aromatic rings. The molecule has 1 aliphatic rings. The number of anilines is 1. The number of aromatic nitrogens is 3. The first kappa shape index (κ1) is 26.3. The number of benzene rings is 3. The highest BCUT2D eigenvalue weighted by Gasteiger charge is 2.36. The minimum atomic E-state index is -0.317. The van der Waals surface area contributed by atoms with Crippen molar-refractivity contribution in [3.05, 3.63) is 125 Å². The van der Waals surface area contributed by atoms with Crippen LogP contribution in [-0.4, -0.2) is 46.5 Å². The molecule has 1 aliphatic heterocycles. The van der Waals surface area contributed by atoms with Crippen molar-refractivity contribution in [3.8, 4) is 17.3 Å². The van der Waals surface area contributed by atoms with Crippen molar-refractivity contribution in [3.63, 3.8) is 0 Å². The van der Waals surface area contributed by atoms with E-state index in [-0.39, 0.29) is 12.1 Å². The van der Waals surface area contributed by atoms with E-state index in [0.29, 0.717) is 13.1 Å². The number of nitrogens with zero attached hydrogens (tertiary/aromatic N) is 5. The molecule has 0 radical (unpaired) electrons. The van der Waals surface area contributed by atoms with Gasteiger partial charge in [0.2, 0.25) is 0 Å². The van der Waals surface area contributed by atoms with Crippen LogP contribution < -0.4 is 15.0 Å². The van der Waals surface area contributed by atoms with Crippen LogP contribution in [0.25, 0.3) is 11.5 Å². The number of aryl methyl sites for hydroxylation is 1. The lowest BCUT2D eigenvalue weighted by atomic mass is 10.0. The number of fused-ring (bicyclic) bond motifs is 3. The second-order valence-electron chi connectivity index (χ2n) is 10.5. The van der Waals surface area contributed by atoms with Gasteiger partial charge < -0.3 is 24.4 Å². The number of hydrogen-bond acceptors (Lipinski definition) is 4. The third-order valence-electron chi connectivity index (χ3n) is 7.65. The molecule has 0 aliphatic carbocycles. The van der Waals surface area contributed by atoms with Crippen LogP contribution in [-0.2, 0) is 13.1 Å². The van der Waals surface area contributed by atoms with E-state index in [9.17, 15) is 4.79 Å². The topological polar surface area (TPSA) is 67.6 Å². The number of nitrogens with one attached hydrogen (secondary N) is 1. The van der Waals surface area contributed by atoms with Crippen molar-refractivity contribution < 1.29 is 9.53 Å². The fourth-order valence-electron chi connectivity index (χ4n) is 5.52. The zero-order valence-corrected chi connectivity index (χ0v) is 23.8. The number of rotatable bonds is 6. The molecule has 2 aromatic heterocycles. The quantitative estimate of drug-likeness (QED) is 0.290. The number of amides is 2. The standard InChI is InChI=1S/C33H34N6O2/c1-23-29-22-38(33(40)34-21-24-10-8-13-28(20-24)41-4)31(25-15-17-26(18-16-25)36(2)3)30-14-9-19-37(30)32(29)39(35-23)27-11-6-5-7-12-27/h5-20,31H,21-22H2,1-4H3,(H,34,40)/t31-/m1/s1. The molecule has 3 aromatic carbocycles. The Morgan fingerprint density at radius 2 is 1.78 bits per heavy atom. The summed E-state index contributed by atoms with van der Waals surface area (Å²) in [6, 6.07) is 30.0. The normalized spacial score (nSPS) is 14.1. The van der Waals surface area contributed by atoms with E-state index in [1.54, 1.807) is 7.11 Å². The highest BCUT2D eigenvalue weighted by Crippen LogP contribution is 2.38. The molecule has 2 amide bonds. The van der Waals surface area contributed by atoms with Gasteiger partial charge in [0.25, 0.3) is 0 Å². The lowest BCUT2D eigenvalue weighted by Crippen LogP contribution is -2.41. The minimum Gasteiger partial charge on any atom is -0.497 e. The Morgan fingerprint density at radius 3 is 2.51 bits per heavy atom. The lowest BCUT2D eigenvalue weighted by molar-refractivity contribution is 0.180. The number of para-hydroxylation sites is 1. The van der Waals surface area contributed by atoms with Gasteiger partial charge >= 0.3 is 6.03 Å². The Labute approximate surface area is 240 Å². The van der Waals surface area contributed by atoms with E-state index in [4.69, 9.17) is 9.84 Å². The first-order valence-corrected chi connectivity index (χ1v) is 13.7.